The fourth-order valence-corrected chi connectivity index (χ4v) is 3.98. The van der Waals surface area contributed by atoms with E-state index in [9.17, 15) is 0 Å². The van der Waals surface area contributed by atoms with Crippen LogP contribution in [0.5, 0.6) is 0 Å². The van der Waals surface area contributed by atoms with Crippen LogP contribution in [0.3, 0.4) is 0 Å². The minimum absolute atomic E-state index is 0. The molecule has 0 amide bonds. The maximum absolute atomic E-state index is 4.46. The Bertz CT molecular complexity index is 505. The van der Waals surface area contributed by atoms with Crippen molar-refractivity contribution in [2.75, 3.05) is 33.2 Å². The molecule has 2 N–H and O–H groups in total. The summed E-state index contributed by atoms with van der Waals surface area (Å²) in [4.78, 5) is 12.7. The Balaban J connectivity index is 0.00000312. The molecule has 7 heteroatoms. The first-order valence-electron chi connectivity index (χ1n) is 9.35. The quantitative estimate of drug-likeness (QED) is 0.260. The van der Waals surface area contributed by atoms with Crippen molar-refractivity contribution in [3.63, 3.8) is 0 Å². The van der Waals surface area contributed by atoms with Gasteiger partial charge in [-0.15, -0.1) is 35.3 Å². The van der Waals surface area contributed by atoms with Crippen LogP contribution in [0.15, 0.2) is 11.2 Å². The molecule has 0 bridgehead atoms. The Morgan fingerprint density at radius 2 is 2.16 bits per heavy atom. The van der Waals surface area contributed by atoms with Gasteiger partial charge >= 0.3 is 0 Å². The van der Waals surface area contributed by atoms with E-state index in [1.165, 1.54) is 42.2 Å². The minimum Gasteiger partial charge on any atom is -0.356 e. The van der Waals surface area contributed by atoms with Gasteiger partial charge in [-0.2, -0.15) is 0 Å². The van der Waals surface area contributed by atoms with Gasteiger partial charge < -0.3 is 15.5 Å². The van der Waals surface area contributed by atoms with Crippen LogP contribution in [0.2, 0.25) is 0 Å². The lowest BCUT2D eigenvalue weighted by atomic mass is 10.0. The first kappa shape index (κ1) is 22.6. The highest BCUT2D eigenvalue weighted by Crippen LogP contribution is 2.16. The van der Waals surface area contributed by atoms with Crippen LogP contribution in [0.25, 0.3) is 0 Å². The second-order valence-electron chi connectivity index (χ2n) is 6.48. The van der Waals surface area contributed by atoms with E-state index in [0.717, 1.165) is 44.4 Å². The number of aryl methyl sites for hydroxylation is 1. The highest BCUT2D eigenvalue weighted by molar-refractivity contribution is 14.0. The van der Waals surface area contributed by atoms with E-state index < -0.39 is 0 Å². The molecule has 1 aliphatic rings. The maximum atomic E-state index is 4.46. The van der Waals surface area contributed by atoms with Crippen LogP contribution in [-0.4, -0.2) is 55.1 Å². The van der Waals surface area contributed by atoms with Gasteiger partial charge in [0, 0.05) is 50.2 Å². The van der Waals surface area contributed by atoms with Crippen molar-refractivity contribution in [2.45, 2.75) is 58.4 Å². The zero-order valence-electron chi connectivity index (χ0n) is 15.9. The smallest absolute Gasteiger partial charge is 0.190 e. The molecule has 1 aromatic rings. The molecule has 1 atom stereocenters. The molecule has 25 heavy (non-hydrogen) atoms. The highest BCUT2D eigenvalue weighted by atomic mass is 127. The minimum atomic E-state index is 0. The summed E-state index contributed by atoms with van der Waals surface area (Å²) < 4.78 is 0. The summed E-state index contributed by atoms with van der Waals surface area (Å²) in [6, 6.07) is 0.752. The van der Waals surface area contributed by atoms with Crippen molar-refractivity contribution in [2.24, 2.45) is 4.99 Å². The predicted octanol–water partition coefficient (Wildman–Crippen LogP) is 3.30. The molecule has 0 spiro atoms. The summed E-state index contributed by atoms with van der Waals surface area (Å²) in [6.07, 6.45) is 9.29. The summed E-state index contributed by atoms with van der Waals surface area (Å²) in [6.45, 7) is 8.83. The third kappa shape index (κ3) is 8.21. The molecular weight excluding hydrogens is 445 g/mol. The average molecular weight is 479 g/mol. The fraction of sp³-hybridized carbons (Fsp3) is 0.778. The number of aromatic nitrogens is 1. The van der Waals surface area contributed by atoms with Crippen LogP contribution in [0.1, 0.15) is 49.4 Å². The molecule has 2 heterocycles. The molecule has 2 rings (SSSR count). The zero-order chi connectivity index (χ0) is 17.2. The van der Waals surface area contributed by atoms with Gasteiger partial charge in [0.1, 0.15) is 0 Å². The van der Waals surface area contributed by atoms with Crippen LogP contribution in [-0.2, 0) is 12.8 Å². The molecule has 1 fully saturated rings. The van der Waals surface area contributed by atoms with E-state index in [2.05, 4.69) is 39.4 Å². The van der Waals surface area contributed by atoms with Crippen molar-refractivity contribution in [3.05, 3.63) is 16.1 Å². The Morgan fingerprint density at radius 3 is 2.84 bits per heavy atom. The van der Waals surface area contributed by atoms with E-state index in [-0.39, 0.29) is 24.0 Å². The largest absolute Gasteiger partial charge is 0.356 e. The number of hydrogen-bond donors (Lipinski definition) is 2. The monoisotopic (exact) mass is 479 g/mol. The van der Waals surface area contributed by atoms with Gasteiger partial charge in [-0.3, -0.25) is 4.99 Å². The van der Waals surface area contributed by atoms with Crippen LogP contribution < -0.4 is 10.6 Å². The van der Waals surface area contributed by atoms with Gasteiger partial charge in [-0.1, -0.05) is 13.3 Å². The lowest BCUT2D eigenvalue weighted by Crippen LogP contribution is -2.41. The number of nitrogens with zero attached hydrogens (tertiary/aromatic N) is 3. The first-order chi connectivity index (χ1) is 11.7. The van der Waals surface area contributed by atoms with Gasteiger partial charge in [0.15, 0.2) is 5.96 Å². The Kier molecular flexibility index (Phi) is 11.6. The van der Waals surface area contributed by atoms with Crippen LogP contribution in [0, 0.1) is 0 Å². The van der Waals surface area contributed by atoms with Crippen molar-refractivity contribution in [1.82, 2.24) is 20.5 Å². The number of guanidine groups is 1. The van der Waals surface area contributed by atoms with Crippen molar-refractivity contribution < 1.29 is 0 Å². The summed E-state index contributed by atoms with van der Waals surface area (Å²) in [5.74, 6) is 0.897. The number of nitrogens with one attached hydrogen (secondary N) is 2. The van der Waals surface area contributed by atoms with Crippen molar-refractivity contribution in [1.29, 1.82) is 0 Å². The molecule has 5 nitrogen and oxygen atoms in total. The topological polar surface area (TPSA) is 52.6 Å². The molecule has 1 unspecified atom stereocenters. The second kappa shape index (κ2) is 12.9. The predicted molar refractivity (Wildman–Crippen MR) is 119 cm³/mol. The molecular formula is C18H34IN5S. The summed E-state index contributed by atoms with van der Waals surface area (Å²) >= 11 is 1.81. The zero-order valence-corrected chi connectivity index (χ0v) is 19.0. The summed E-state index contributed by atoms with van der Waals surface area (Å²) in [7, 11) is 1.83. The average Bonchev–Trinajstić information content (AvgIpc) is 3.06. The highest BCUT2D eigenvalue weighted by Gasteiger charge is 2.17. The Morgan fingerprint density at radius 1 is 1.36 bits per heavy atom. The SMILES string of the molecule is CCc1cnc(CCNC(=NC)NCCCN2CCCCC2C)s1.I. The number of piperidine rings is 1. The molecule has 0 radical (unpaired) electrons. The third-order valence-corrected chi connectivity index (χ3v) is 5.86. The van der Waals surface area contributed by atoms with E-state index in [0.29, 0.717) is 0 Å². The normalized spacial score (nSPS) is 18.7. The molecule has 1 aliphatic heterocycles. The number of rotatable bonds is 8. The van der Waals surface area contributed by atoms with Crippen molar-refractivity contribution >= 4 is 41.3 Å². The number of halogens is 1. The molecule has 1 aromatic heterocycles. The maximum Gasteiger partial charge on any atom is 0.190 e. The fourth-order valence-electron chi connectivity index (χ4n) is 3.11. The summed E-state index contributed by atoms with van der Waals surface area (Å²) in [5, 5.41) is 8.01. The van der Waals surface area contributed by atoms with Gasteiger partial charge in [0.2, 0.25) is 0 Å². The third-order valence-electron chi connectivity index (χ3n) is 4.66. The van der Waals surface area contributed by atoms with Crippen LogP contribution >= 0.6 is 35.3 Å². The molecule has 0 aliphatic carbocycles. The van der Waals surface area contributed by atoms with Gasteiger partial charge in [-0.25, -0.2) is 4.98 Å². The van der Waals surface area contributed by atoms with Gasteiger partial charge in [0.05, 0.1) is 5.01 Å². The number of thiazole rings is 1. The first-order valence-corrected chi connectivity index (χ1v) is 10.2. The Hall–Kier alpha value is -0.410. The summed E-state index contributed by atoms with van der Waals surface area (Å²) in [5.41, 5.74) is 0. The van der Waals surface area contributed by atoms with Gasteiger partial charge in [0.25, 0.3) is 0 Å². The Labute approximate surface area is 174 Å². The lowest BCUT2D eigenvalue weighted by molar-refractivity contribution is 0.159. The molecule has 1 saturated heterocycles. The van der Waals surface area contributed by atoms with Crippen molar-refractivity contribution in [3.8, 4) is 0 Å². The molecule has 0 saturated carbocycles. The number of likely N-dealkylation sites (tertiary alicyclic amines) is 1. The van der Waals surface area contributed by atoms with E-state index in [4.69, 9.17) is 0 Å². The standard InChI is InChI=1S/C18H33N5S.HI/c1-4-16-14-22-17(24-16)9-11-21-18(19-3)20-10-7-13-23-12-6-5-8-15(23)2;/h14-15H,4-13H2,1-3H3,(H2,19,20,21);1H. The van der Waals surface area contributed by atoms with E-state index >= 15 is 0 Å². The second-order valence-corrected chi connectivity index (χ2v) is 7.68. The number of hydrogen-bond acceptors (Lipinski definition) is 4. The van der Waals surface area contributed by atoms with E-state index in [1.807, 2.05) is 24.6 Å². The van der Waals surface area contributed by atoms with E-state index in [1.54, 1.807) is 0 Å². The van der Waals surface area contributed by atoms with Crippen LogP contribution in [0.4, 0.5) is 0 Å². The lowest BCUT2D eigenvalue weighted by Gasteiger charge is -2.33. The molecule has 0 aromatic carbocycles. The molecule has 144 valence electrons. The van der Waals surface area contributed by atoms with Gasteiger partial charge in [-0.05, 0) is 39.2 Å². The number of aliphatic imine (C=N–C) groups is 1.